The molecule has 0 amide bonds. The summed E-state index contributed by atoms with van der Waals surface area (Å²) in [7, 11) is 0. The molecule has 3 heteroatoms. The average Bonchev–Trinajstić information content (AvgIpc) is 2.59. The number of aliphatic hydroxyl groups is 1. The van der Waals surface area contributed by atoms with E-state index in [2.05, 4.69) is 11.4 Å². The number of nitriles is 1. The number of nitrogens with zero attached hydrogens (tertiary/aromatic N) is 1. The van der Waals surface area contributed by atoms with E-state index in [1.54, 1.807) is 6.07 Å². The fourth-order valence-corrected chi connectivity index (χ4v) is 1.67. The molecule has 0 bridgehead atoms. The molecule has 0 saturated carbocycles. The largest absolute Gasteiger partial charge is 0.394 e. The highest BCUT2D eigenvalue weighted by Crippen LogP contribution is 2.27. The van der Waals surface area contributed by atoms with E-state index in [0.29, 0.717) is 5.56 Å². The van der Waals surface area contributed by atoms with E-state index in [1.165, 1.54) is 0 Å². The lowest BCUT2D eigenvalue weighted by molar-refractivity contribution is 0.277. The molecule has 1 aromatic rings. The number of hydrogen-bond acceptors (Lipinski definition) is 3. The van der Waals surface area contributed by atoms with Gasteiger partial charge in [-0.1, -0.05) is 6.07 Å². The van der Waals surface area contributed by atoms with Crippen LogP contribution in [0, 0.1) is 11.3 Å². The van der Waals surface area contributed by atoms with Crippen LogP contribution in [-0.4, -0.2) is 17.8 Å². The maximum Gasteiger partial charge on any atom is 0.0995 e. The van der Waals surface area contributed by atoms with Gasteiger partial charge in [-0.05, 0) is 24.1 Å². The molecule has 1 atom stereocenters. The summed E-state index contributed by atoms with van der Waals surface area (Å²) in [5.74, 6) is 0. The van der Waals surface area contributed by atoms with Gasteiger partial charge in [-0.25, -0.2) is 0 Å². The summed E-state index contributed by atoms with van der Waals surface area (Å²) in [5, 5.41) is 20.9. The molecule has 0 aromatic heterocycles. The first-order valence-corrected chi connectivity index (χ1v) is 4.24. The molecule has 0 radical (unpaired) electrons. The van der Waals surface area contributed by atoms with Gasteiger partial charge in [-0.3, -0.25) is 0 Å². The van der Waals surface area contributed by atoms with Gasteiger partial charge in [0.1, 0.15) is 0 Å². The Bertz CT molecular complexity index is 368. The third-order valence-electron chi connectivity index (χ3n) is 2.33. The number of rotatable bonds is 1. The van der Waals surface area contributed by atoms with E-state index >= 15 is 0 Å². The van der Waals surface area contributed by atoms with Gasteiger partial charge >= 0.3 is 0 Å². The molecule has 2 N–H and O–H groups in total. The Morgan fingerprint density at radius 3 is 3.15 bits per heavy atom. The lowest BCUT2D eigenvalue weighted by Gasteiger charge is -2.04. The minimum atomic E-state index is 0.0736. The summed E-state index contributed by atoms with van der Waals surface area (Å²) in [5.41, 5.74) is 2.73. The highest BCUT2D eigenvalue weighted by atomic mass is 16.3. The van der Waals surface area contributed by atoms with Gasteiger partial charge in [0.25, 0.3) is 0 Å². The fourth-order valence-electron chi connectivity index (χ4n) is 1.67. The second kappa shape index (κ2) is 3.08. The summed E-state index contributed by atoms with van der Waals surface area (Å²) in [4.78, 5) is 0. The molecule has 2 rings (SSSR count). The summed E-state index contributed by atoms with van der Waals surface area (Å²) in [6, 6.07) is 7.82. The second-order valence-corrected chi connectivity index (χ2v) is 3.17. The van der Waals surface area contributed by atoms with Gasteiger partial charge in [0.15, 0.2) is 0 Å². The van der Waals surface area contributed by atoms with Crippen molar-refractivity contribution in [2.24, 2.45) is 0 Å². The number of anilines is 1. The Kier molecular flexibility index (Phi) is 1.91. The highest BCUT2D eigenvalue weighted by molar-refractivity contribution is 5.62. The molecular formula is C10H10N2O. The highest BCUT2D eigenvalue weighted by Gasteiger charge is 2.21. The molecule has 0 aliphatic carbocycles. The van der Waals surface area contributed by atoms with Gasteiger partial charge < -0.3 is 10.4 Å². The Hall–Kier alpha value is -1.53. The molecule has 0 saturated heterocycles. The predicted octanol–water partition coefficient (Wildman–Crippen LogP) is 0.887. The zero-order valence-electron chi connectivity index (χ0n) is 7.12. The Morgan fingerprint density at radius 2 is 2.46 bits per heavy atom. The topological polar surface area (TPSA) is 56.0 Å². The van der Waals surface area contributed by atoms with Crippen LogP contribution in [0.25, 0.3) is 0 Å². The van der Waals surface area contributed by atoms with E-state index in [0.717, 1.165) is 17.7 Å². The number of benzene rings is 1. The van der Waals surface area contributed by atoms with Crippen molar-refractivity contribution >= 4 is 5.69 Å². The molecular weight excluding hydrogens is 164 g/mol. The first kappa shape index (κ1) is 8.09. The molecule has 1 aromatic carbocycles. The van der Waals surface area contributed by atoms with Crippen LogP contribution in [0.3, 0.4) is 0 Å². The van der Waals surface area contributed by atoms with Crippen LogP contribution in [0.2, 0.25) is 0 Å². The SMILES string of the molecule is N#Cc1cccc2c1CC(CO)N2. The first-order chi connectivity index (χ1) is 6.35. The maximum absolute atomic E-state index is 8.96. The Morgan fingerprint density at radius 1 is 1.62 bits per heavy atom. The van der Waals surface area contributed by atoms with Crippen molar-refractivity contribution in [3.8, 4) is 6.07 Å². The lowest BCUT2D eigenvalue weighted by atomic mass is 10.0. The smallest absolute Gasteiger partial charge is 0.0995 e. The molecule has 13 heavy (non-hydrogen) atoms. The standard InChI is InChI=1S/C10H10N2O/c11-5-7-2-1-3-10-9(7)4-8(6-13)12-10/h1-3,8,12-13H,4,6H2. The number of fused-ring (bicyclic) bond motifs is 1. The number of aliphatic hydroxyl groups excluding tert-OH is 1. The van der Waals surface area contributed by atoms with Crippen molar-refractivity contribution < 1.29 is 5.11 Å². The predicted molar refractivity (Wildman–Crippen MR) is 49.4 cm³/mol. The fraction of sp³-hybridized carbons (Fsp3) is 0.300. The molecule has 0 fully saturated rings. The molecule has 0 spiro atoms. The van der Waals surface area contributed by atoms with E-state index in [-0.39, 0.29) is 12.6 Å². The molecule has 1 aliphatic rings. The van der Waals surface area contributed by atoms with Crippen LogP contribution in [0.4, 0.5) is 5.69 Å². The van der Waals surface area contributed by atoms with Gasteiger partial charge in [0.05, 0.1) is 24.3 Å². The Balaban J connectivity index is 2.40. The lowest BCUT2D eigenvalue weighted by Crippen LogP contribution is -2.19. The monoisotopic (exact) mass is 174 g/mol. The van der Waals surface area contributed by atoms with Crippen LogP contribution in [0.1, 0.15) is 11.1 Å². The second-order valence-electron chi connectivity index (χ2n) is 3.17. The summed E-state index contributed by atoms with van der Waals surface area (Å²) in [6.07, 6.45) is 0.746. The summed E-state index contributed by atoms with van der Waals surface area (Å²) >= 11 is 0. The van der Waals surface area contributed by atoms with Gasteiger partial charge in [0.2, 0.25) is 0 Å². The van der Waals surface area contributed by atoms with Gasteiger partial charge in [-0.2, -0.15) is 5.26 Å². The first-order valence-electron chi connectivity index (χ1n) is 4.24. The number of nitrogens with one attached hydrogen (secondary N) is 1. The normalized spacial score (nSPS) is 18.9. The average molecular weight is 174 g/mol. The van der Waals surface area contributed by atoms with Crippen molar-refractivity contribution in [2.45, 2.75) is 12.5 Å². The maximum atomic E-state index is 8.96. The van der Waals surface area contributed by atoms with Gasteiger partial charge in [0, 0.05) is 5.69 Å². The molecule has 1 unspecified atom stereocenters. The minimum Gasteiger partial charge on any atom is -0.394 e. The zero-order chi connectivity index (χ0) is 9.26. The van der Waals surface area contributed by atoms with Gasteiger partial charge in [-0.15, -0.1) is 0 Å². The molecule has 66 valence electrons. The van der Waals surface area contributed by atoms with Crippen molar-refractivity contribution in [1.29, 1.82) is 5.26 Å². The van der Waals surface area contributed by atoms with E-state index < -0.39 is 0 Å². The quantitative estimate of drug-likeness (QED) is 0.664. The molecule has 1 heterocycles. The van der Waals surface area contributed by atoms with Crippen LogP contribution in [0.15, 0.2) is 18.2 Å². The zero-order valence-corrected chi connectivity index (χ0v) is 7.12. The summed E-state index contributed by atoms with van der Waals surface area (Å²) < 4.78 is 0. The van der Waals surface area contributed by atoms with Crippen molar-refractivity contribution in [3.63, 3.8) is 0 Å². The third kappa shape index (κ3) is 1.25. The van der Waals surface area contributed by atoms with Crippen LogP contribution >= 0.6 is 0 Å². The number of hydrogen-bond donors (Lipinski definition) is 2. The van der Waals surface area contributed by atoms with Crippen LogP contribution in [-0.2, 0) is 6.42 Å². The van der Waals surface area contributed by atoms with E-state index in [4.69, 9.17) is 10.4 Å². The van der Waals surface area contributed by atoms with Crippen LogP contribution < -0.4 is 5.32 Å². The summed E-state index contributed by atoms with van der Waals surface area (Å²) in [6.45, 7) is 0.111. The molecule has 1 aliphatic heterocycles. The van der Waals surface area contributed by atoms with Crippen molar-refractivity contribution in [3.05, 3.63) is 29.3 Å². The molecule has 3 nitrogen and oxygen atoms in total. The van der Waals surface area contributed by atoms with Crippen molar-refractivity contribution in [2.75, 3.05) is 11.9 Å². The van der Waals surface area contributed by atoms with Crippen molar-refractivity contribution in [1.82, 2.24) is 0 Å². The van der Waals surface area contributed by atoms with Crippen LogP contribution in [0.5, 0.6) is 0 Å². The van der Waals surface area contributed by atoms with E-state index in [9.17, 15) is 0 Å². The minimum absolute atomic E-state index is 0.0736. The van der Waals surface area contributed by atoms with E-state index in [1.807, 2.05) is 12.1 Å². The Labute approximate surface area is 76.6 Å². The third-order valence-corrected chi connectivity index (χ3v) is 2.33.